The Morgan fingerprint density at radius 1 is 1.12 bits per heavy atom. The summed E-state index contributed by atoms with van der Waals surface area (Å²) in [5.74, 6) is 0.750. The maximum Gasteiger partial charge on any atom is 0.227 e. The fraction of sp³-hybridized carbons (Fsp3) is 0.647. The van der Waals surface area contributed by atoms with E-state index in [4.69, 9.17) is 0 Å². The van der Waals surface area contributed by atoms with E-state index in [0.717, 1.165) is 18.9 Å². The summed E-state index contributed by atoms with van der Waals surface area (Å²) >= 11 is 0. The molecule has 3 heterocycles. The molecule has 3 rings (SSSR count). The summed E-state index contributed by atoms with van der Waals surface area (Å²) < 4.78 is 24.5. The molecule has 0 aromatic carbocycles. The molecule has 1 aromatic heterocycles. The van der Waals surface area contributed by atoms with E-state index in [1.54, 1.807) is 6.20 Å². The average molecular weight is 366 g/mol. The van der Waals surface area contributed by atoms with Crippen molar-refractivity contribution in [2.75, 3.05) is 42.7 Å². The van der Waals surface area contributed by atoms with Crippen molar-refractivity contribution in [2.24, 2.45) is 5.92 Å². The van der Waals surface area contributed by atoms with Crippen LogP contribution in [0.5, 0.6) is 0 Å². The molecule has 8 heteroatoms. The highest BCUT2D eigenvalue weighted by molar-refractivity contribution is 7.88. The van der Waals surface area contributed by atoms with Crippen LogP contribution in [0, 0.1) is 5.92 Å². The average Bonchev–Trinajstić information content (AvgIpc) is 2.62. The molecule has 1 aromatic rings. The van der Waals surface area contributed by atoms with Crippen molar-refractivity contribution in [3.63, 3.8) is 0 Å². The molecule has 7 nitrogen and oxygen atoms in total. The first-order valence-electron chi connectivity index (χ1n) is 8.90. The molecular formula is C17H26N4O3S. The predicted octanol–water partition coefficient (Wildman–Crippen LogP) is 1.68. The number of piperidine rings is 2. The number of carbonyl (C=O) groups is 1. The number of anilines is 2. The van der Waals surface area contributed by atoms with Crippen LogP contribution in [0.25, 0.3) is 0 Å². The molecule has 1 N–H and O–H groups in total. The van der Waals surface area contributed by atoms with E-state index < -0.39 is 10.0 Å². The van der Waals surface area contributed by atoms with Crippen LogP contribution in [-0.4, -0.2) is 56.0 Å². The van der Waals surface area contributed by atoms with Gasteiger partial charge in [-0.3, -0.25) is 4.79 Å². The van der Waals surface area contributed by atoms with E-state index >= 15 is 0 Å². The molecule has 2 aliphatic rings. The second-order valence-corrected chi connectivity index (χ2v) is 8.86. The maximum atomic E-state index is 12.4. The number of hydrogen-bond acceptors (Lipinski definition) is 5. The highest BCUT2D eigenvalue weighted by Crippen LogP contribution is 2.22. The van der Waals surface area contributed by atoms with Crippen LogP contribution in [-0.2, 0) is 14.8 Å². The van der Waals surface area contributed by atoms with Gasteiger partial charge in [0.25, 0.3) is 0 Å². The number of nitrogens with zero attached hydrogens (tertiary/aromatic N) is 3. The largest absolute Gasteiger partial charge is 0.357 e. The minimum absolute atomic E-state index is 0.0549. The van der Waals surface area contributed by atoms with E-state index in [2.05, 4.69) is 15.2 Å². The quantitative estimate of drug-likeness (QED) is 0.877. The van der Waals surface area contributed by atoms with Gasteiger partial charge >= 0.3 is 0 Å². The normalized spacial score (nSPS) is 20.4. The summed E-state index contributed by atoms with van der Waals surface area (Å²) in [5, 5.41) is 2.91. The molecule has 0 spiro atoms. The number of hydrogen-bond donors (Lipinski definition) is 1. The lowest BCUT2D eigenvalue weighted by Gasteiger charge is -2.29. The number of pyridine rings is 1. The van der Waals surface area contributed by atoms with E-state index in [1.165, 1.54) is 29.8 Å². The lowest BCUT2D eigenvalue weighted by Crippen LogP contribution is -2.40. The second kappa shape index (κ2) is 7.70. The molecule has 0 radical (unpaired) electrons. The third-order valence-electron chi connectivity index (χ3n) is 4.99. The predicted molar refractivity (Wildman–Crippen MR) is 98.1 cm³/mol. The smallest absolute Gasteiger partial charge is 0.227 e. The second-order valence-electron chi connectivity index (χ2n) is 6.88. The van der Waals surface area contributed by atoms with Crippen molar-refractivity contribution in [3.8, 4) is 0 Å². The molecule has 2 fully saturated rings. The Balaban J connectivity index is 1.53. The Bertz CT molecular complexity index is 691. The van der Waals surface area contributed by atoms with Gasteiger partial charge in [-0.25, -0.2) is 17.7 Å². The highest BCUT2D eigenvalue weighted by Gasteiger charge is 2.29. The monoisotopic (exact) mass is 366 g/mol. The molecule has 0 unspecified atom stereocenters. The number of aromatic nitrogens is 1. The lowest BCUT2D eigenvalue weighted by molar-refractivity contribution is -0.120. The minimum Gasteiger partial charge on any atom is -0.357 e. The van der Waals surface area contributed by atoms with Gasteiger partial charge < -0.3 is 10.2 Å². The molecule has 0 aliphatic carbocycles. The van der Waals surface area contributed by atoms with Gasteiger partial charge in [0.15, 0.2) is 0 Å². The first-order chi connectivity index (χ1) is 11.9. The van der Waals surface area contributed by atoms with Crippen molar-refractivity contribution < 1.29 is 13.2 Å². The summed E-state index contributed by atoms with van der Waals surface area (Å²) in [6.07, 6.45) is 7.70. The lowest BCUT2D eigenvalue weighted by atomic mass is 9.97. The Labute approximate surface area is 149 Å². The molecule has 0 atom stereocenters. The Hall–Kier alpha value is -1.67. The van der Waals surface area contributed by atoms with Crippen LogP contribution >= 0.6 is 0 Å². The van der Waals surface area contributed by atoms with Gasteiger partial charge in [0.1, 0.15) is 5.82 Å². The van der Waals surface area contributed by atoms with Crippen LogP contribution in [0.3, 0.4) is 0 Å². The third kappa shape index (κ3) is 4.70. The maximum absolute atomic E-state index is 12.4. The van der Waals surface area contributed by atoms with Gasteiger partial charge in [-0.05, 0) is 44.2 Å². The zero-order valence-corrected chi connectivity index (χ0v) is 15.5. The third-order valence-corrected chi connectivity index (χ3v) is 6.29. The van der Waals surface area contributed by atoms with E-state index in [1.807, 2.05) is 12.1 Å². The van der Waals surface area contributed by atoms with Crippen molar-refractivity contribution >= 4 is 27.4 Å². The Morgan fingerprint density at radius 2 is 1.80 bits per heavy atom. The van der Waals surface area contributed by atoms with Gasteiger partial charge in [-0.2, -0.15) is 0 Å². The van der Waals surface area contributed by atoms with Crippen molar-refractivity contribution in [3.05, 3.63) is 18.3 Å². The minimum atomic E-state index is -3.16. The highest BCUT2D eigenvalue weighted by atomic mass is 32.2. The first kappa shape index (κ1) is 18.1. The molecule has 2 aliphatic heterocycles. The SMILES string of the molecule is CS(=O)(=O)N1CCC(C(=O)Nc2ccc(N3CCCCC3)nc2)CC1. The molecular weight excluding hydrogens is 340 g/mol. The van der Waals surface area contributed by atoms with Gasteiger partial charge in [-0.1, -0.05) is 0 Å². The fourth-order valence-electron chi connectivity index (χ4n) is 3.46. The van der Waals surface area contributed by atoms with Crippen LogP contribution in [0.1, 0.15) is 32.1 Å². The summed E-state index contributed by atoms with van der Waals surface area (Å²) in [7, 11) is -3.16. The van der Waals surface area contributed by atoms with E-state index in [9.17, 15) is 13.2 Å². The first-order valence-corrected chi connectivity index (χ1v) is 10.8. The van der Waals surface area contributed by atoms with Gasteiger partial charge in [0, 0.05) is 32.1 Å². The molecule has 2 saturated heterocycles. The summed E-state index contributed by atoms with van der Waals surface area (Å²) in [6, 6.07) is 3.84. The van der Waals surface area contributed by atoms with Crippen LogP contribution < -0.4 is 10.2 Å². The standard InChI is InChI=1S/C17H26N4O3S/c1-25(23,24)21-11-7-14(8-12-21)17(22)19-15-5-6-16(18-13-15)20-9-3-2-4-10-20/h5-6,13-14H,2-4,7-12H2,1H3,(H,19,22). The van der Waals surface area contributed by atoms with Crippen molar-refractivity contribution in [2.45, 2.75) is 32.1 Å². The number of rotatable bonds is 4. The van der Waals surface area contributed by atoms with Gasteiger partial charge in [-0.15, -0.1) is 0 Å². The van der Waals surface area contributed by atoms with E-state index in [-0.39, 0.29) is 11.8 Å². The molecule has 25 heavy (non-hydrogen) atoms. The molecule has 138 valence electrons. The number of amides is 1. The Kier molecular flexibility index (Phi) is 5.58. The summed E-state index contributed by atoms with van der Waals surface area (Å²) in [6.45, 7) is 2.89. The molecule has 0 bridgehead atoms. The Morgan fingerprint density at radius 3 is 2.36 bits per heavy atom. The number of carbonyl (C=O) groups excluding carboxylic acids is 1. The van der Waals surface area contributed by atoms with Crippen LogP contribution in [0.2, 0.25) is 0 Å². The molecule has 0 saturated carbocycles. The summed E-state index contributed by atoms with van der Waals surface area (Å²) in [5.41, 5.74) is 0.691. The zero-order valence-electron chi connectivity index (χ0n) is 14.6. The van der Waals surface area contributed by atoms with Gasteiger partial charge in [0.2, 0.25) is 15.9 Å². The molecule has 1 amide bonds. The topological polar surface area (TPSA) is 82.6 Å². The van der Waals surface area contributed by atoms with Crippen molar-refractivity contribution in [1.82, 2.24) is 9.29 Å². The fourth-order valence-corrected chi connectivity index (χ4v) is 4.34. The zero-order chi connectivity index (χ0) is 17.9. The summed E-state index contributed by atoms with van der Waals surface area (Å²) in [4.78, 5) is 19.1. The number of nitrogens with one attached hydrogen (secondary N) is 1. The van der Waals surface area contributed by atoms with E-state index in [0.29, 0.717) is 31.6 Å². The number of sulfonamides is 1. The van der Waals surface area contributed by atoms with Crippen molar-refractivity contribution in [1.29, 1.82) is 0 Å². The van der Waals surface area contributed by atoms with Gasteiger partial charge in [0.05, 0.1) is 18.1 Å². The van der Waals surface area contributed by atoms with Crippen LogP contribution in [0.4, 0.5) is 11.5 Å². The van der Waals surface area contributed by atoms with Crippen LogP contribution in [0.15, 0.2) is 18.3 Å².